The number of hydrogen-bond acceptors (Lipinski definition) is 3. The summed E-state index contributed by atoms with van der Waals surface area (Å²) in [6, 6.07) is 9.17. The molecule has 20 heavy (non-hydrogen) atoms. The molecule has 0 heterocycles. The smallest absolute Gasteiger partial charge is 0.345 e. The molecule has 0 spiro atoms. The SMILES string of the molecule is CC=C(C)OC(CC)C(F)C(=O)OCc1ccccc1. The fourth-order valence-corrected chi connectivity index (χ4v) is 1.62. The summed E-state index contributed by atoms with van der Waals surface area (Å²) in [4.78, 5) is 11.7. The second kappa shape index (κ2) is 8.35. The van der Waals surface area contributed by atoms with Crippen molar-refractivity contribution in [3.63, 3.8) is 0 Å². The Morgan fingerprint density at radius 1 is 1.35 bits per heavy atom. The second-order valence-electron chi connectivity index (χ2n) is 4.46. The van der Waals surface area contributed by atoms with Crippen LogP contribution < -0.4 is 0 Å². The van der Waals surface area contributed by atoms with Crippen LogP contribution in [0.25, 0.3) is 0 Å². The normalized spacial score (nSPS) is 14.5. The number of alkyl halides is 1. The van der Waals surface area contributed by atoms with Gasteiger partial charge in [0.15, 0.2) is 0 Å². The molecule has 0 fully saturated rings. The molecule has 0 aromatic heterocycles. The summed E-state index contributed by atoms with van der Waals surface area (Å²) in [5.41, 5.74) is 0.826. The highest BCUT2D eigenvalue weighted by molar-refractivity contribution is 5.75. The maximum atomic E-state index is 14.0. The van der Waals surface area contributed by atoms with Crippen LogP contribution in [0, 0.1) is 0 Å². The molecule has 1 rings (SSSR count). The predicted octanol–water partition coefficient (Wildman–Crippen LogP) is 3.79. The molecule has 1 aromatic rings. The standard InChI is InChI=1S/C16H21FO3/c1-4-12(3)20-14(5-2)15(17)16(18)19-11-13-9-7-6-8-10-13/h4,6-10,14-15H,5,11H2,1-3H3. The quantitative estimate of drug-likeness (QED) is 0.563. The molecule has 0 aliphatic heterocycles. The molecule has 2 unspecified atom stereocenters. The van der Waals surface area contributed by atoms with E-state index in [0.717, 1.165) is 5.56 Å². The van der Waals surface area contributed by atoms with Crippen molar-refractivity contribution in [3.05, 3.63) is 47.7 Å². The monoisotopic (exact) mass is 280 g/mol. The van der Waals surface area contributed by atoms with Gasteiger partial charge in [-0.2, -0.15) is 0 Å². The number of carbonyl (C=O) groups is 1. The Labute approximate surface area is 119 Å². The molecule has 0 amide bonds. The van der Waals surface area contributed by atoms with Gasteiger partial charge in [0.25, 0.3) is 0 Å². The zero-order valence-corrected chi connectivity index (χ0v) is 12.1. The first-order valence-electron chi connectivity index (χ1n) is 6.72. The van der Waals surface area contributed by atoms with Crippen LogP contribution in [0.2, 0.25) is 0 Å². The molecule has 110 valence electrons. The minimum absolute atomic E-state index is 0.0686. The first-order valence-corrected chi connectivity index (χ1v) is 6.72. The molecule has 0 aliphatic carbocycles. The molecule has 2 atom stereocenters. The first kappa shape index (κ1) is 16.2. The van der Waals surface area contributed by atoms with Gasteiger partial charge in [-0.1, -0.05) is 37.3 Å². The Morgan fingerprint density at radius 2 is 2.00 bits per heavy atom. The van der Waals surface area contributed by atoms with Crippen LogP contribution >= 0.6 is 0 Å². The van der Waals surface area contributed by atoms with Crippen molar-refractivity contribution in [2.45, 2.75) is 46.1 Å². The fraction of sp³-hybridized carbons (Fsp3) is 0.438. The van der Waals surface area contributed by atoms with Gasteiger partial charge in [-0.3, -0.25) is 0 Å². The average Bonchev–Trinajstić information content (AvgIpc) is 2.50. The molecular formula is C16H21FO3. The van der Waals surface area contributed by atoms with Gasteiger partial charge < -0.3 is 9.47 Å². The van der Waals surface area contributed by atoms with Crippen LogP contribution in [0.15, 0.2) is 42.2 Å². The van der Waals surface area contributed by atoms with E-state index in [9.17, 15) is 9.18 Å². The molecular weight excluding hydrogens is 259 g/mol. The largest absolute Gasteiger partial charge is 0.492 e. The Kier molecular flexibility index (Phi) is 6.77. The number of esters is 1. The Balaban J connectivity index is 2.52. The summed E-state index contributed by atoms with van der Waals surface area (Å²) in [6.45, 7) is 5.36. The Morgan fingerprint density at radius 3 is 2.55 bits per heavy atom. The van der Waals surface area contributed by atoms with Crippen LogP contribution in [0.5, 0.6) is 0 Å². The Bertz CT molecular complexity index is 442. The van der Waals surface area contributed by atoms with Gasteiger partial charge in [0.1, 0.15) is 12.7 Å². The van der Waals surface area contributed by atoms with Crippen LogP contribution in [-0.4, -0.2) is 18.2 Å². The van der Waals surface area contributed by atoms with E-state index in [1.54, 1.807) is 26.8 Å². The third-order valence-electron chi connectivity index (χ3n) is 2.92. The summed E-state index contributed by atoms with van der Waals surface area (Å²) in [5.74, 6) is -0.292. The molecule has 0 N–H and O–H groups in total. The summed E-state index contributed by atoms with van der Waals surface area (Å²) in [7, 11) is 0. The van der Waals surface area contributed by atoms with Gasteiger partial charge >= 0.3 is 5.97 Å². The average molecular weight is 280 g/mol. The van der Waals surface area contributed by atoms with Crippen LogP contribution in [0.4, 0.5) is 4.39 Å². The van der Waals surface area contributed by atoms with Crippen molar-refractivity contribution in [1.29, 1.82) is 0 Å². The van der Waals surface area contributed by atoms with Crippen molar-refractivity contribution >= 4 is 5.97 Å². The maximum Gasteiger partial charge on any atom is 0.345 e. The zero-order valence-electron chi connectivity index (χ0n) is 12.1. The second-order valence-corrected chi connectivity index (χ2v) is 4.46. The maximum absolute atomic E-state index is 14.0. The molecule has 1 aromatic carbocycles. The number of carbonyl (C=O) groups excluding carboxylic acids is 1. The lowest BCUT2D eigenvalue weighted by atomic mass is 10.1. The lowest BCUT2D eigenvalue weighted by Crippen LogP contribution is -2.33. The van der Waals surface area contributed by atoms with E-state index in [1.807, 2.05) is 30.3 Å². The lowest BCUT2D eigenvalue weighted by molar-refractivity contribution is -0.156. The summed E-state index contributed by atoms with van der Waals surface area (Å²) < 4.78 is 24.4. The van der Waals surface area contributed by atoms with Gasteiger partial charge in [0.2, 0.25) is 6.17 Å². The third-order valence-corrected chi connectivity index (χ3v) is 2.92. The van der Waals surface area contributed by atoms with E-state index in [0.29, 0.717) is 12.2 Å². The van der Waals surface area contributed by atoms with Crippen molar-refractivity contribution in [2.75, 3.05) is 0 Å². The van der Waals surface area contributed by atoms with Crippen LogP contribution in [0.3, 0.4) is 0 Å². The van der Waals surface area contributed by atoms with Crippen molar-refractivity contribution in [1.82, 2.24) is 0 Å². The molecule has 3 nitrogen and oxygen atoms in total. The number of halogens is 1. The topological polar surface area (TPSA) is 35.5 Å². The molecule has 0 aliphatic rings. The lowest BCUT2D eigenvalue weighted by Gasteiger charge is -2.20. The molecule has 0 saturated carbocycles. The van der Waals surface area contributed by atoms with Crippen LogP contribution in [-0.2, 0) is 20.9 Å². The summed E-state index contributed by atoms with van der Waals surface area (Å²) >= 11 is 0. The van der Waals surface area contributed by atoms with Crippen molar-refractivity contribution in [2.24, 2.45) is 0 Å². The minimum Gasteiger partial charge on any atom is -0.492 e. The van der Waals surface area contributed by atoms with Crippen molar-refractivity contribution < 1.29 is 18.7 Å². The number of hydrogen-bond donors (Lipinski definition) is 0. The molecule has 4 heteroatoms. The number of allylic oxidation sites excluding steroid dienone is 2. The third kappa shape index (κ3) is 5.03. The van der Waals surface area contributed by atoms with Crippen LogP contribution in [0.1, 0.15) is 32.8 Å². The first-order chi connectivity index (χ1) is 9.58. The minimum atomic E-state index is -1.78. The Hall–Kier alpha value is -1.84. The van der Waals surface area contributed by atoms with Gasteiger partial charge in [-0.15, -0.1) is 0 Å². The van der Waals surface area contributed by atoms with E-state index < -0.39 is 18.2 Å². The van der Waals surface area contributed by atoms with Gasteiger partial charge in [-0.25, -0.2) is 9.18 Å². The van der Waals surface area contributed by atoms with E-state index in [4.69, 9.17) is 9.47 Å². The molecule has 0 saturated heterocycles. The molecule has 0 bridgehead atoms. The fourth-order valence-electron chi connectivity index (χ4n) is 1.62. The number of rotatable bonds is 7. The van der Waals surface area contributed by atoms with E-state index in [-0.39, 0.29) is 6.61 Å². The van der Waals surface area contributed by atoms with E-state index in [1.165, 1.54) is 0 Å². The molecule has 0 radical (unpaired) electrons. The number of benzene rings is 1. The predicted molar refractivity (Wildman–Crippen MR) is 75.7 cm³/mol. The van der Waals surface area contributed by atoms with E-state index in [2.05, 4.69) is 0 Å². The highest BCUT2D eigenvalue weighted by atomic mass is 19.1. The highest BCUT2D eigenvalue weighted by Gasteiger charge is 2.30. The summed E-state index contributed by atoms with van der Waals surface area (Å²) in [6.07, 6.45) is -0.467. The highest BCUT2D eigenvalue weighted by Crippen LogP contribution is 2.15. The number of ether oxygens (including phenoxy) is 2. The van der Waals surface area contributed by atoms with Gasteiger partial charge in [0, 0.05) is 0 Å². The van der Waals surface area contributed by atoms with Gasteiger partial charge in [0.05, 0.1) is 5.76 Å². The van der Waals surface area contributed by atoms with Crippen molar-refractivity contribution in [3.8, 4) is 0 Å². The van der Waals surface area contributed by atoms with E-state index >= 15 is 0 Å². The summed E-state index contributed by atoms with van der Waals surface area (Å²) in [5, 5.41) is 0. The zero-order chi connectivity index (χ0) is 15.0. The van der Waals surface area contributed by atoms with Gasteiger partial charge in [-0.05, 0) is 31.9 Å².